The number of amides is 2. The second-order valence-electron chi connectivity index (χ2n) is 6.50. The molecular formula is C21H24N2O4. The molecule has 0 bridgehead atoms. The highest BCUT2D eigenvalue weighted by Gasteiger charge is 2.33. The number of nitrogens with one attached hydrogen (secondary N) is 1. The van der Waals surface area contributed by atoms with Crippen LogP contribution in [-0.2, 0) is 17.8 Å². The van der Waals surface area contributed by atoms with Gasteiger partial charge in [-0.2, -0.15) is 0 Å². The second-order valence-corrected chi connectivity index (χ2v) is 6.50. The van der Waals surface area contributed by atoms with Gasteiger partial charge in [-0.3, -0.25) is 9.59 Å². The number of hydrogen-bond acceptors (Lipinski definition) is 4. The van der Waals surface area contributed by atoms with Gasteiger partial charge in [0, 0.05) is 18.7 Å². The molecule has 6 nitrogen and oxygen atoms in total. The van der Waals surface area contributed by atoms with Crippen LogP contribution in [0.1, 0.15) is 28.4 Å². The van der Waals surface area contributed by atoms with Gasteiger partial charge in [-0.15, -0.1) is 0 Å². The first-order valence-corrected chi connectivity index (χ1v) is 8.92. The van der Waals surface area contributed by atoms with E-state index in [9.17, 15) is 9.59 Å². The first kappa shape index (κ1) is 18.8. The van der Waals surface area contributed by atoms with E-state index in [0.717, 1.165) is 11.1 Å². The molecule has 1 heterocycles. The van der Waals surface area contributed by atoms with Crippen molar-refractivity contribution in [3.05, 3.63) is 59.2 Å². The second kappa shape index (κ2) is 8.12. The van der Waals surface area contributed by atoms with Crippen LogP contribution in [0.2, 0.25) is 0 Å². The van der Waals surface area contributed by atoms with Gasteiger partial charge in [-0.05, 0) is 42.7 Å². The lowest BCUT2D eigenvalue weighted by molar-refractivity contribution is -0.125. The van der Waals surface area contributed by atoms with Crippen molar-refractivity contribution in [3.8, 4) is 11.5 Å². The van der Waals surface area contributed by atoms with Crippen LogP contribution < -0.4 is 14.8 Å². The zero-order chi connectivity index (χ0) is 19.4. The Bertz CT molecular complexity index is 850. The molecule has 0 saturated heterocycles. The van der Waals surface area contributed by atoms with Crippen LogP contribution in [0.15, 0.2) is 42.5 Å². The normalized spacial score (nSPS) is 13.9. The number of fused-ring (bicyclic) bond motifs is 1. The van der Waals surface area contributed by atoms with E-state index in [4.69, 9.17) is 9.47 Å². The van der Waals surface area contributed by atoms with Gasteiger partial charge < -0.3 is 19.7 Å². The number of hydrogen-bond donors (Lipinski definition) is 1. The van der Waals surface area contributed by atoms with Crippen LogP contribution in [0.5, 0.6) is 11.5 Å². The number of carbonyl (C=O) groups is 2. The molecule has 0 unspecified atom stereocenters. The van der Waals surface area contributed by atoms with Crippen LogP contribution in [0.4, 0.5) is 0 Å². The number of rotatable bonds is 7. The molecule has 0 radical (unpaired) electrons. The molecule has 0 fully saturated rings. The molecule has 3 rings (SSSR count). The first-order chi connectivity index (χ1) is 13.0. The van der Waals surface area contributed by atoms with Crippen molar-refractivity contribution in [1.82, 2.24) is 10.2 Å². The van der Waals surface area contributed by atoms with Crippen LogP contribution in [-0.4, -0.2) is 43.5 Å². The number of ether oxygens (including phenoxy) is 2. The summed E-state index contributed by atoms with van der Waals surface area (Å²) in [5, 5.41) is 2.92. The van der Waals surface area contributed by atoms with Gasteiger partial charge in [0.2, 0.25) is 5.91 Å². The van der Waals surface area contributed by atoms with Crippen molar-refractivity contribution in [2.24, 2.45) is 0 Å². The fourth-order valence-electron chi connectivity index (χ4n) is 3.25. The number of nitrogens with zero attached hydrogens (tertiary/aromatic N) is 1. The third-order valence-electron chi connectivity index (χ3n) is 4.86. The molecule has 2 aromatic rings. The van der Waals surface area contributed by atoms with Gasteiger partial charge in [0.1, 0.15) is 6.04 Å². The fourth-order valence-corrected chi connectivity index (χ4v) is 3.25. The van der Waals surface area contributed by atoms with Crippen molar-refractivity contribution < 1.29 is 19.1 Å². The van der Waals surface area contributed by atoms with Crippen LogP contribution in [0.25, 0.3) is 0 Å². The molecule has 1 aliphatic rings. The summed E-state index contributed by atoms with van der Waals surface area (Å²) in [4.78, 5) is 26.6. The minimum absolute atomic E-state index is 0.0897. The molecule has 1 atom stereocenters. The quantitative estimate of drug-likeness (QED) is 0.815. The molecule has 0 aliphatic carbocycles. The van der Waals surface area contributed by atoms with E-state index in [0.29, 0.717) is 36.6 Å². The number of benzene rings is 2. The molecule has 1 N–H and O–H groups in total. The monoisotopic (exact) mass is 368 g/mol. The van der Waals surface area contributed by atoms with Crippen molar-refractivity contribution >= 4 is 11.8 Å². The summed E-state index contributed by atoms with van der Waals surface area (Å²) in [6.45, 7) is 2.71. The smallest absolute Gasteiger partial charge is 0.255 e. The Labute approximate surface area is 159 Å². The standard InChI is InChI=1S/C21H24N2O4/c1-14(23-13-16-6-4-5-7-17(16)21(23)25)20(24)22-11-10-15-8-9-18(26-2)19(12-15)27-3/h4-9,12,14H,10-11,13H2,1-3H3,(H,22,24)/t14-/m0/s1. The van der Waals surface area contributed by atoms with Crippen molar-refractivity contribution in [2.45, 2.75) is 25.9 Å². The Kier molecular flexibility index (Phi) is 5.64. The van der Waals surface area contributed by atoms with Gasteiger partial charge >= 0.3 is 0 Å². The maximum absolute atomic E-state index is 12.5. The third kappa shape index (κ3) is 3.89. The molecule has 2 amide bonds. The summed E-state index contributed by atoms with van der Waals surface area (Å²) in [6.07, 6.45) is 0.660. The minimum atomic E-state index is -0.518. The highest BCUT2D eigenvalue weighted by Crippen LogP contribution is 2.27. The topological polar surface area (TPSA) is 67.9 Å². The van der Waals surface area contributed by atoms with Gasteiger partial charge in [-0.1, -0.05) is 24.3 Å². The van der Waals surface area contributed by atoms with Crippen molar-refractivity contribution in [1.29, 1.82) is 0 Å². The van der Waals surface area contributed by atoms with Crippen molar-refractivity contribution in [3.63, 3.8) is 0 Å². The molecule has 2 aromatic carbocycles. The Morgan fingerprint density at radius 1 is 1.15 bits per heavy atom. The fraction of sp³-hybridized carbons (Fsp3) is 0.333. The van der Waals surface area contributed by atoms with Crippen LogP contribution in [0.3, 0.4) is 0 Å². The maximum atomic E-state index is 12.5. The summed E-state index contributed by atoms with van der Waals surface area (Å²) >= 11 is 0. The zero-order valence-corrected chi connectivity index (χ0v) is 15.8. The summed E-state index contributed by atoms with van der Waals surface area (Å²) in [5.41, 5.74) is 2.68. The summed E-state index contributed by atoms with van der Waals surface area (Å²) in [5.74, 6) is 1.09. The van der Waals surface area contributed by atoms with Gasteiger partial charge in [0.15, 0.2) is 11.5 Å². The number of carbonyl (C=O) groups excluding carboxylic acids is 2. The Morgan fingerprint density at radius 2 is 1.89 bits per heavy atom. The molecule has 0 aromatic heterocycles. The Morgan fingerprint density at radius 3 is 2.59 bits per heavy atom. The zero-order valence-electron chi connectivity index (χ0n) is 15.8. The van der Waals surface area contributed by atoms with Gasteiger partial charge in [0.05, 0.1) is 14.2 Å². The highest BCUT2D eigenvalue weighted by molar-refractivity contribution is 6.01. The van der Waals surface area contributed by atoms with E-state index in [2.05, 4.69) is 5.32 Å². The average molecular weight is 368 g/mol. The molecule has 142 valence electrons. The predicted octanol–water partition coefficient (Wildman–Crippen LogP) is 2.41. The molecule has 0 spiro atoms. The van der Waals surface area contributed by atoms with Gasteiger partial charge in [-0.25, -0.2) is 0 Å². The molecule has 6 heteroatoms. The minimum Gasteiger partial charge on any atom is -0.493 e. The molecule has 0 saturated carbocycles. The predicted molar refractivity (Wildman–Crippen MR) is 102 cm³/mol. The highest BCUT2D eigenvalue weighted by atomic mass is 16.5. The van der Waals surface area contributed by atoms with Crippen molar-refractivity contribution in [2.75, 3.05) is 20.8 Å². The Hall–Kier alpha value is -3.02. The third-order valence-corrected chi connectivity index (χ3v) is 4.86. The lowest BCUT2D eigenvalue weighted by Crippen LogP contribution is -2.45. The lowest BCUT2D eigenvalue weighted by atomic mass is 10.1. The van der Waals surface area contributed by atoms with E-state index in [1.165, 1.54) is 0 Å². The van der Waals surface area contributed by atoms with Crippen LogP contribution in [0, 0.1) is 0 Å². The van der Waals surface area contributed by atoms with Crippen LogP contribution >= 0.6 is 0 Å². The maximum Gasteiger partial charge on any atom is 0.255 e. The summed E-state index contributed by atoms with van der Waals surface area (Å²) in [7, 11) is 3.19. The van der Waals surface area contributed by atoms with E-state index in [1.54, 1.807) is 32.1 Å². The SMILES string of the molecule is COc1ccc(CCNC(=O)[C@H](C)N2Cc3ccccc3C2=O)cc1OC. The largest absolute Gasteiger partial charge is 0.493 e. The number of methoxy groups -OCH3 is 2. The van der Waals surface area contributed by atoms with E-state index in [-0.39, 0.29) is 11.8 Å². The lowest BCUT2D eigenvalue weighted by Gasteiger charge is -2.23. The Balaban J connectivity index is 1.55. The average Bonchev–Trinajstić information content (AvgIpc) is 3.04. The molecular weight excluding hydrogens is 344 g/mol. The summed E-state index contributed by atoms with van der Waals surface area (Å²) in [6, 6.07) is 12.6. The van der Waals surface area contributed by atoms with E-state index >= 15 is 0 Å². The van der Waals surface area contributed by atoms with E-state index < -0.39 is 6.04 Å². The molecule has 27 heavy (non-hydrogen) atoms. The summed E-state index contributed by atoms with van der Waals surface area (Å²) < 4.78 is 10.5. The first-order valence-electron chi connectivity index (χ1n) is 8.92. The van der Waals surface area contributed by atoms with E-state index in [1.807, 2.05) is 36.4 Å². The molecule has 1 aliphatic heterocycles. The van der Waals surface area contributed by atoms with Gasteiger partial charge in [0.25, 0.3) is 5.91 Å².